The third kappa shape index (κ3) is 1.84. The van der Waals surface area contributed by atoms with Crippen molar-refractivity contribution in [1.29, 1.82) is 0 Å². The van der Waals surface area contributed by atoms with Gasteiger partial charge in [-0.05, 0) is 20.0 Å². The van der Waals surface area contributed by atoms with Gasteiger partial charge in [0.05, 0.1) is 6.54 Å². The standard InChI is InChI=1S/C8H11NO2S/c1-5-3-6(10)8(12-5)7(11)4-9-2/h3,9-10H,4H2,1-2H3. The average Bonchev–Trinajstić information content (AvgIpc) is 2.30. The molecule has 0 aliphatic carbocycles. The molecule has 0 bridgehead atoms. The molecule has 66 valence electrons. The SMILES string of the molecule is CNCC(=O)c1sc(C)cc1O. The van der Waals surface area contributed by atoms with Crippen molar-refractivity contribution in [2.75, 3.05) is 13.6 Å². The number of ketones is 1. The Morgan fingerprint density at radius 1 is 1.75 bits per heavy atom. The molecule has 0 aliphatic rings. The van der Waals surface area contributed by atoms with Crippen LogP contribution in [0.5, 0.6) is 5.75 Å². The highest BCUT2D eigenvalue weighted by atomic mass is 32.1. The number of hydrogen-bond acceptors (Lipinski definition) is 4. The number of carbonyl (C=O) groups excluding carboxylic acids is 1. The summed E-state index contributed by atoms with van der Waals surface area (Å²) in [6.07, 6.45) is 0. The molecule has 0 spiro atoms. The molecule has 0 fully saturated rings. The smallest absolute Gasteiger partial charge is 0.190 e. The normalized spacial score (nSPS) is 10.2. The summed E-state index contributed by atoms with van der Waals surface area (Å²) in [4.78, 5) is 12.7. The third-order valence-electron chi connectivity index (χ3n) is 1.43. The number of rotatable bonds is 3. The molecular weight excluding hydrogens is 174 g/mol. The minimum Gasteiger partial charge on any atom is -0.506 e. The molecular formula is C8H11NO2S. The van der Waals surface area contributed by atoms with Crippen LogP contribution in [0.2, 0.25) is 0 Å². The van der Waals surface area contributed by atoms with E-state index in [2.05, 4.69) is 5.32 Å². The summed E-state index contributed by atoms with van der Waals surface area (Å²) in [5, 5.41) is 12.0. The first-order valence-corrected chi connectivity index (χ1v) is 4.44. The summed E-state index contributed by atoms with van der Waals surface area (Å²) in [5.74, 6) is 0.0332. The minimum absolute atomic E-state index is 0.0619. The zero-order chi connectivity index (χ0) is 9.14. The molecule has 0 saturated carbocycles. The quantitative estimate of drug-likeness (QED) is 0.695. The highest BCUT2D eigenvalue weighted by Crippen LogP contribution is 2.27. The Morgan fingerprint density at radius 2 is 2.42 bits per heavy atom. The van der Waals surface area contributed by atoms with Crippen LogP contribution in [0.1, 0.15) is 14.5 Å². The fraction of sp³-hybridized carbons (Fsp3) is 0.375. The van der Waals surface area contributed by atoms with Gasteiger partial charge in [0.25, 0.3) is 0 Å². The Bertz CT molecular complexity index is 293. The van der Waals surface area contributed by atoms with E-state index in [9.17, 15) is 9.90 Å². The predicted molar refractivity (Wildman–Crippen MR) is 49.0 cm³/mol. The van der Waals surface area contributed by atoms with Crippen molar-refractivity contribution >= 4 is 17.1 Å². The van der Waals surface area contributed by atoms with Gasteiger partial charge >= 0.3 is 0 Å². The van der Waals surface area contributed by atoms with Gasteiger partial charge in [0.2, 0.25) is 0 Å². The van der Waals surface area contributed by atoms with E-state index in [0.29, 0.717) is 4.88 Å². The van der Waals surface area contributed by atoms with Crippen LogP contribution in [0, 0.1) is 6.92 Å². The van der Waals surface area contributed by atoms with Crippen LogP contribution < -0.4 is 5.32 Å². The lowest BCUT2D eigenvalue weighted by Crippen LogP contribution is -2.17. The van der Waals surface area contributed by atoms with Crippen molar-refractivity contribution in [3.8, 4) is 5.75 Å². The Hall–Kier alpha value is -0.870. The monoisotopic (exact) mass is 185 g/mol. The lowest BCUT2D eigenvalue weighted by Gasteiger charge is -1.95. The molecule has 0 aromatic carbocycles. The number of aromatic hydroxyl groups is 1. The molecule has 1 aromatic heterocycles. The van der Waals surface area contributed by atoms with E-state index in [1.54, 1.807) is 13.1 Å². The maximum absolute atomic E-state index is 11.3. The van der Waals surface area contributed by atoms with Crippen LogP contribution in [-0.2, 0) is 0 Å². The zero-order valence-corrected chi connectivity index (χ0v) is 7.86. The van der Waals surface area contributed by atoms with E-state index in [0.717, 1.165) is 4.88 Å². The number of likely N-dealkylation sites (N-methyl/N-ethyl adjacent to an activating group) is 1. The maximum atomic E-state index is 11.3. The van der Waals surface area contributed by atoms with Crippen molar-refractivity contribution in [1.82, 2.24) is 5.32 Å². The van der Waals surface area contributed by atoms with E-state index in [4.69, 9.17) is 0 Å². The lowest BCUT2D eigenvalue weighted by molar-refractivity contribution is 0.0995. The van der Waals surface area contributed by atoms with Crippen molar-refractivity contribution in [3.05, 3.63) is 15.8 Å². The van der Waals surface area contributed by atoms with Crippen LogP contribution in [0.4, 0.5) is 0 Å². The Labute approximate surface area is 75.0 Å². The minimum atomic E-state index is -0.0619. The molecule has 2 N–H and O–H groups in total. The molecule has 1 rings (SSSR count). The van der Waals surface area contributed by atoms with Gasteiger partial charge in [-0.15, -0.1) is 11.3 Å². The van der Waals surface area contributed by atoms with E-state index < -0.39 is 0 Å². The van der Waals surface area contributed by atoms with E-state index in [1.807, 2.05) is 6.92 Å². The van der Waals surface area contributed by atoms with E-state index in [-0.39, 0.29) is 18.1 Å². The summed E-state index contributed by atoms with van der Waals surface area (Å²) in [7, 11) is 1.70. The fourth-order valence-corrected chi connectivity index (χ4v) is 1.78. The van der Waals surface area contributed by atoms with Crippen LogP contribution in [-0.4, -0.2) is 24.5 Å². The summed E-state index contributed by atoms with van der Waals surface area (Å²) in [5.41, 5.74) is 0. The number of hydrogen-bond donors (Lipinski definition) is 2. The number of nitrogens with one attached hydrogen (secondary N) is 1. The molecule has 12 heavy (non-hydrogen) atoms. The summed E-state index contributed by atoms with van der Waals surface area (Å²) >= 11 is 1.32. The lowest BCUT2D eigenvalue weighted by atomic mass is 10.3. The van der Waals surface area contributed by atoms with Gasteiger partial charge in [0.15, 0.2) is 5.78 Å². The number of carbonyl (C=O) groups is 1. The Morgan fingerprint density at radius 3 is 2.83 bits per heavy atom. The molecule has 1 heterocycles. The van der Waals surface area contributed by atoms with Crippen molar-refractivity contribution < 1.29 is 9.90 Å². The molecule has 3 nitrogen and oxygen atoms in total. The van der Waals surface area contributed by atoms with Gasteiger partial charge in [-0.2, -0.15) is 0 Å². The first kappa shape index (κ1) is 9.22. The second kappa shape index (κ2) is 3.69. The fourth-order valence-electron chi connectivity index (χ4n) is 0.941. The van der Waals surface area contributed by atoms with Crippen molar-refractivity contribution in [2.24, 2.45) is 0 Å². The molecule has 0 atom stereocenters. The van der Waals surface area contributed by atoms with Gasteiger partial charge in [-0.3, -0.25) is 4.79 Å². The summed E-state index contributed by atoms with van der Waals surface area (Å²) < 4.78 is 0. The number of aryl methyl sites for hydroxylation is 1. The first-order valence-electron chi connectivity index (χ1n) is 3.62. The largest absolute Gasteiger partial charge is 0.506 e. The molecule has 0 aliphatic heterocycles. The highest BCUT2D eigenvalue weighted by molar-refractivity contribution is 7.14. The highest BCUT2D eigenvalue weighted by Gasteiger charge is 2.12. The van der Waals surface area contributed by atoms with Gasteiger partial charge in [0.1, 0.15) is 10.6 Å². The molecule has 0 amide bonds. The van der Waals surface area contributed by atoms with Gasteiger partial charge < -0.3 is 10.4 Å². The second-order valence-corrected chi connectivity index (χ2v) is 3.78. The number of thiophene rings is 1. The molecule has 0 saturated heterocycles. The van der Waals surface area contributed by atoms with Gasteiger partial charge in [0, 0.05) is 4.88 Å². The van der Waals surface area contributed by atoms with Crippen LogP contribution >= 0.6 is 11.3 Å². The summed E-state index contributed by atoms with van der Waals surface area (Å²) in [6, 6.07) is 1.60. The Kier molecular flexibility index (Phi) is 2.83. The number of Topliss-reactive ketones (excluding diaryl/α,β-unsaturated/α-hetero) is 1. The summed E-state index contributed by atoms with van der Waals surface area (Å²) in [6.45, 7) is 2.13. The first-order chi connectivity index (χ1) is 5.65. The van der Waals surface area contributed by atoms with Gasteiger partial charge in [-0.25, -0.2) is 0 Å². The topological polar surface area (TPSA) is 49.3 Å². The van der Waals surface area contributed by atoms with Crippen molar-refractivity contribution in [3.63, 3.8) is 0 Å². The molecule has 0 radical (unpaired) electrons. The van der Waals surface area contributed by atoms with Crippen LogP contribution in [0.25, 0.3) is 0 Å². The molecule has 4 heteroatoms. The zero-order valence-electron chi connectivity index (χ0n) is 7.05. The van der Waals surface area contributed by atoms with Crippen molar-refractivity contribution in [2.45, 2.75) is 6.92 Å². The predicted octanol–water partition coefficient (Wildman–Crippen LogP) is 1.16. The van der Waals surface area contributed by atoms with Gasteiger partial charge in [-0.1, -0.05) is 0 Å². The molecule has 0 unspecified atom stereocenters. The van der Waals surface area contributed by atoms with Crippen LogP contribution in [0.15, 0.2) is 6.07 Å². The maximum Gasteiger partial charge on any atom is 0.190 e. The average molecular weight is 185 g/mol. The molecule has 1 aromatic rings. The Balaban J connectivity index is 2.87. The van der Waals surface area contributed by atoms with E-state index >= 15 is 0 Å². The third-order valence-corrected chi connectivity index (χ3v) is 2.51. The van der Waals surface area contributed by atoms with E-state index in [1.165, 1.54) is 11.3 Å². The van der Waals surface area contributed by atoms with Crippen LogP contribution in [0.3, 0.4) is 0 Å². The second-order valence-electron chi connectivity index (χ2n) is 2.52.